The summed E-state index contributed by atoms with van der Waals surface area (Å²) in [6.07, 6.45) is 1.67. The van der Waals surface area contributed by atoms with Crippen LogP contribution in [-0.2, 0) is 9.84 Å². The van der Waals surface area contributed by atoms with Gasteiger partial charge >= 0.3 is 0 Å². The van der Waals surface area contributed by atoms with E-state index in [0.717, 1.165) is 5.16 Å². The Kier molecular flexibility index (Phi) is 4.82. The Labute approximate surface area is 123 Å². The number of hydrogen-bond donors (Lipinski definition) is 0. The molecule has 0 spiro atoms. The molecule has 0 aliphatic rings. The standard InChI is InChI=1S/C13H17N3O2S2/c1-11(2)16-10-14-15-13(16)19-8-9-20(17,18)12-6-4-3-5-7-12/h3-7,10-11H,8-9H2,1-2H3. The molecule has 2 rings (SSSR count). The van der Waals surface area contributed by atoms with Crippen molar-refractivity contribution in [3.05, 3.63) is 36.7 Å². The maximum absolute atomic E-state index is 12.1. The zero-order valence-corrected chi connectivity index (χ0v) is 13.1. The minimum atomic E-state index is -3.22. The Hall–Kier alpha value is -1.34. The quantitative estimate of drug-likeness (QED) is 0.767. The highest BCUT2D eigenvalue weighted by molar-refractivity contribution is 8.00. The lowest BCUT2D eigenvalue weighted by Crippen LogP contribution is -2.09. The molecule has 0 saturated carbocycles. The number of thioether (sulfide) groups is 1. The minimum absolute atomic E-state index is 0.0899. The summed E-state index contributed by atoms with van der Waals surface area (Å²) in [5, 5.41) is 8.62. The third-order valence-electron chi connectivity index (χ3n) is 2.78. The molecule has 7 heteroatoms. The van der Waals surface area contributed by atoms with Crippen LogP contribution in [0.2, 0.25) is 0 Å². The third-order valence-corrected chi connectivity index (χ3v) is 5.73. The average Bonchev–Trinajstić information content (AvgIpc) is 2.88. The van der Waals surface area contributed by atoms with Gasteiger partial charge in [-0.3, -0.25) is 0 Å². The summed E-state index contributed by atoms with van der Waals surface area (Å²) in [5.74, 6) is 0.551. The molecule has 0 aliphatic carbocycles. The maximum atomic E-state index is 12.1. The number of benzene rings is 1. The lowest BCUT2D eigenvalue weighted by molar-refractivity contribution is 0.549. The molecule has 1 heterocycles. The minimum Gasteiger partial charge on any atom is -0.306 e. The molecule has 0 unspecified atom stereocenters. The topological polar surface area (TPSA) is 64.8 Å². The highest BCUT2D eigenvalue weighted by Crippen LogP contribution is 2.20. The normalized spacial score (nSPS) is 11.9. The first-order valence-corrected chi connectivity index (χ1v) is 8.94. The number of sulfone groups is 1. The summed E-state index contributed by atoms with van der Waals surface area (Å²) in [6, 6.07) is 8.77. The Bertz CT molecular complexity index is 651. The van der Waals surface area contributed by atoms with Crippen molar-refractivity contribution in [2.24, 2.45) is 0 Å². The molecule has 5 nitrogen and oxygen atoms in total. The lowest BCUT2D eigenvalue weighted by atomic mass is 10.4. The van der Waals surface area contributed by atoms with Gasteiger partial charge in [-0.15, -0.1) is 10.2 Å². The number of rotatable bonds is 6. The second-order valence-corrected chi connectivity index (χ2v) is 7.77. The van der Waals surface area contributed by atoms with Crippen molar-refractivity contribution >= 4 is 21.6 Å². The van der Waals surface area contributed by atoms with Crippen molar-refractivity contribution in [3.8, 4) is 0 Å². The molecule has 20 heavy (non-hydrogen) atoms. The van der Waals surface area contributed by atoms with Crippen LogP contribution >= 0.6 is 11.8 Å². The van der Waals surface area contributed by atoms with Gasteiger partial charge in [0.25, 0.3) is 0 Å². The van der Waals surface area contributed by atoms with Crippen LogP contribution in [0.25, 0.3) is 0 Å². The first-order valence-electron chi connectivity index (χ1n) is 6.31. The molecule has 0 amide bonds. The zero-order chi connectivity index (χ0) is 14.6. The molecular weight excluding hydrogens is 294 g/mol. The molecule has 108 valence electrons. The molecule has 0 atom stereocenters. The van der Waals surface area contributed by atoms with Crippen LogP contribution in [0, 0.1) is 0 Å². The molecule has 0 aliphatic heterocycles. The molecule has 0 radical (unpaired) electrons. The van der Waals surface area contributed by atoms with Gasteiger partial charge in [0.2, 0.25) is 0 Å². The molecule has 0 saturated heterocycles. The van der Waals surface area contributed by atoms with E-state index in [1.807, 2.05) is 18.4 Å². The largest absolute Gasteiger partial charge is 0.306 e. The summed E-state index contributed by atoms with van der Waals surface area (Å²) in [5.41, 5.74) is 0. The van der Waals surface area contributed by atoms with Crippen molar-refractivity contribution in [1.29, 1.82) is 0 Å². The Balaban J connectivity index is 1.98. The molecule has 0 N–H and O–H groups in total. The summed E-state index contributed by atoms with van der Waals surface area (Å²) in [6.45, 7) is 4.07. The second-order valence-electron chi connectivity index (χ2n) is 4.59. The van der Waals surface area contributed by atoms with Crippen LogP contribution in [0.4, 0.5) is 0 Å². The van der Waals surface area contributed by atoms with E-state index in [-0.39, 0.29) is 11.8 Å². The number of aromatic nitrogens is 3. The molecule has 2 aromatic rings. The van der Waals surface area contributed by atoms with Gasteiger partial charge in [-0.25, -0.2) is 8.42 Å². The molecule has 1 aromatic carbocycles. The van der Waals surface area contributed by atoms with E-state index in [1.54, 1.807) is 36.7 Å². The van der Waals surface area contributed by atoms with Gasteiger partial charge in [-0.1, -0.05) is 30.0 Å². The van der Waals surface area contributed by atoms with Gasteiger partial charge < -0.3 is 4.57 Å². The van der Waals surface area contributed by atoms with E-state index in [1.165, 1.54) is 11.8 Å². The fourth-order valence-corrected chi connectivity index (χ4v) is 4.39. The highest BCUT2D eigenvalue weighted by atomic mass is 32.2. The van der Waals surface area contributed by atoms with Gasteiger partial charge in [-0.05, 0) is 26.0 Å². The van der Waals surface area contributed by atoms with Crippen LogP contribution < -0.4 is 0 Å². The Morgan fingerprint density at radius 3 is 2.60 bits per heavy atom. The van der Waals surface area contributed by atoms with Crippen LogP contribution in [0.5, 0.6) is 0 Å². The maximum Gasteiger partial charge on any atom is 0.191 e. The van der Waals surface area contributed by atoms with E-state index >= 15 is 0 Å². The average molecular weight is 311 g/mol. The predicted molar refractivity (Wildman–Crippen MR) is 79.6 cm³/mol. The molecule has 0 bridgehead atoms. The van der Waals surface area contributed by atoms with E-state index < -0.39 is 9.84 Å². The first-order chi connectivity index (χ1) is 9.50. The van der Waals surface area contributed by atoms with E-state index in [2.05, 4.69) is 10.2 Å². The lowest BCUT2D eigenvalue weighted by Gasteiger charge is -2.09. The van der Waals surface area contributed by atoms with Crippen molar-refractivity contribution in [1.82, 2.24) is 14.8 Å². The van der Waals surface area contributed by atoms with Crippen LogP contribution in [0.15, 0.2) is 46.7 Å². The smallest absolute Gasteiger partial charge is 0.191 e. The molecule has 0 fully saturated rings. The van der Waals surface area contributed by atoms with Crippen molar-refractivity contribution in [3.63, 3.8) is 0 Å². The van der Waals surface area contributed by atoms with Crippen LogP contribution in [-0.4, -0.2) is 34.7 Å². The monoisotopic (exact) mass is 311 g/mol. The van der Waals surface area contributed by atoms with Crippen molar-refractivity contribution < 1.29 is 8.42 Å². The second kappa shape index (κ2) is 6.41. The summed E-state index contributed by atoms with van der Waals surface area (Å²) in [7, 11) is -3.22. The highest BCUT2D eigenvalue weighted by Gasteiger charge is 2.15. The Morgan fingerprint density at radius 1 is 1.25 bits per heavy atom. The van der Waals surface area contributed by atoms with Gasteiger partial charge in [-0.2, -0.15) is 0 Å². The number of nitrogens with zero attached hydrogens (tertiary/aromatic N) is 3. The van der Waals surface area contributed by atoms with Crippen LogP contribution in [0.1, 0.15) is 19.9 Å². The van der Waals surface area contributed by atoms with Crippen molar-refractivity contribution in [2.45, 2.75) is 29.9 Å². The van der Waals surface area contributed by atoms with Gasteiger partial charge in [0, 0.05) is 11.8 Å². The van der Waals surface area contributed by atoms with E-state index in [0.29, 0.717) is 10.6 Å². The third kappa shape index (κ3) is 3.61. The summed E-state index contributed by atoms with van der Waals surface area (Å²) >= 11 is 1.41. The fraction of sp³-hybridized carbons (Fsp3) is 0.385. The van der Waals surface area contributed by atoms with E-state index in [9.17, 15) is 8.42 Å². The Morgan fingerprint density at radius 2 is 1.95 bits per heavy atom. The van der Waals surface area contributed by atoms with Gasteiger partial charge in [0.1, 0.15) is 6.33 Å². The molecule has 1 aromatic heterocycles. The zero-order valence-electron chi connectivity index (χ0n) is 11.4. The van der Waals surface area contributed by atoms with Gasteiger partial charge in [0.05, 0.1) is 10.6 Å². The summed E-state index contributed by atoms with van der Waals surface area (Å²) in [4.78, 5) is 0.367. The first kappa shape index (κ1) is 15.1. The number of hydrogen-bond acceptors (Lipinski definition) is 5. The van der Waals surface area contributed by atoms with Gasteiger partial charge in [0.15, 0.2) is 15.0 Å². The van der Waals surface area contributed by atoms with Crippen molar-refractivity contribution in [2.75, 3.05) is 11.5 Å². The molecular formula is C13H17N3O2S2. The van der Waals surface area contributed by atoms with E-state index in [4.69, 9.17) is 0 Å². The SMILES string of the molecule is CC(C)n1cnnc1SCCS(=O)(=O)c1ccccc1. The fourth-order valence-electron chi connectivity index (χ4n) is 1.68. The van der Waals surface area contributed by atoms with Crippen LogP contribution in [0.3, 0.4) is 0 Å². The predicted octanol–water partition coefficient (Wildman–Crippen LogP) is 2.43. The summed E-state index contributed by atoms with van der Waals surface area (Å²) < 4.78 is 26.2.